The quantitative estimate of drug-likeness (QED) is 0.724. The average Bonchev–Trinajstić information content (AvgIpc) is 2.69. The zero-order chi connectivity index (χ0) is 13.5. The Morgan fingerprint density at radius 2 is 2.17 bits per heavy atom. The lowest BCUT2D eigenvalue weighted by molar-refractivity contribution is 0.181. The SMILES string of the molecule is CCCNCC(C(C)C)N(C)Cc1cc(Br)cs1. The van der Waals surface area contributed by atoms with Crippen molar-refractivity contribution in [3.8, 4) is 0 Å². The third-order valence-corrected chi connectivity index (χ3v) is 4.83. The molecule has 18 heavy (non-hydrogen) atoms. The smallest absolute Gasteiger partial charge is 0.0328 e. The molecule has 1 atom stereocenters. The second kappa shape index (κ2) is 8.31. The minimum absolute atomic E-state index is 0.595. The van der Waals surface area contributed by atoms with E-state index < -0.39 is 0 Å². The summed E-state index contributed by atoms with van der Waals surface area (Å²) in [6.45, 7) is 10.0. The molecule has 0 radical (unpaired) electrons. The molecule has 1 N–H and O–H groups in total. The Morgan fingerprint density at radius 3 is 2.67 bits per heavy atom. The van der Waals surface area contributed by atoms with Gasteiger partial charge in [0, 0.05) is 33.9 Å². The van der Waals surface area contributed by atoms with E-state index >= 15 is 0 Å². The van der Waals surface area contributed by atoms with Crippen LogP contribution >= 0.6 is 27.3 Å². The highest BCUT2D eigenvalue weighted by atomic mass is 79.9. The first-order valence-corrected chi connectivity index (χ1v) is 8.35. The molecule has 1 rings (SSSR count). The lowest BCUT2D eigenvalue weighted by Gasteiger charge is -2.31. The summed E-state index contributed by atoms with van der Waals surface area (Å²) in [5.41, 5.74) is 0. The van der Waals surface area contributed by atoms with E-state index in [2.05, 4.69) is 65.4 Å². The van der Waals surface area contributed by atoms with Crippen LogP contribution in [0.15, 0.2) is 15.9 Å². The highest BCUT2D eigenvalue weighted by Gasteiger charge is 2.18. The molecule has 104 valence electrons. The van der Waals surface area contributed by atoms with Crippen LogP contribution in [0.2, 0.25) is 0 Å². The predicted octanol–water partition coefficient (Wildman–Crippen LogP) is 3.97. The predicted molar refractivity (Wildman–Crippen MR) is 85.3 cm³/mol. The van der Waals surface area contributed by atoms with Gasteiger partial charge in [0.2, 0.25) is 0 Å². The number of likely N-dealkylation sites (N-methyl/N-ethyl adjacent to an activating group) is 1. The van der Waals surface area contributed by atoms with Crippen LogP contribution in [0.4, 0.5) is 0 Å². The van der Waals surface area contributed by atoms with E-state index in [-0.39, 0.29) is 0 Å². The average molecular weight is 333 g/mol. The van der Waals surface area contributed by atoms with Gasteiger partial charge < -0.3 is 5.32 Å². The maximum absolute atomic E-state index is 3.54. The number of hydrogen-bond donors (Lipinski definition) is 1. The molecule has 1 heterocycles. The molecule has 0 saturated carbocycles. The summed E-state index contributed by atoms with van der Waals surface area (Å²) in [7, 11) is 2.23. The van der Waals surface area contributed by atoms with Gasteiger partial charge in [0.1, 0.15) is 0 Å². The van der Waals surface area contributed by atoms with Crippen molar-refractivity contribution in [1.29, 1.82) is 0 Å². The van der Waals surface area contributed by atoms with Crippen LogP contribution in [0.3, 0.4) is 0 Å². The van der Waals surface area contributed by atoms with Crippen LogP contribution in [0, 0.1) is 5.92 Å². The number of nitrogens with zero attached hydrogens (tertiary/aromatic N) is 1. The Morgan fingerprint density at radius 1 is 1.44 bits per heavy atom. The number of halogens is 1. The molecule has 0 aliphatic rings. The maximum atomic E-state index is 3.54. The van der Waals surface area contributed by atoms with Crippen molar-refractivity contribution in [2.75, 3.05) is 20.1 Å². The maximum Gasteiger partial charge on any atom is 0.0328 e. The largest absolute Gasteiger partial charge is 0.315 e. The third kappa shape index (κ3) is 5.39. The van der Waals surface area contributed by atoms with Gasteiger partial charge in [0.25, 0.3) is 0 Å². The van der Waals surface area contributed by atoms with Crippen LogP contribution in [0.25, 0.3) is 0 Å². The molecule has 0 bridgehead atoms. The van der Waals surface area contributed by atoms with Gasteiger partial charge in [-0.25, -0.2) is 0 Å². The number of hydrogen-bond acceptors (Lipinski definition) is 3. The third-order valence-electron chi connectivity index (χ3n) is 3.14. The molecule has 0 saturated heterocycles. The summed E-state index contributed by atoms with van der Waals surface area (Å²) in [4.78, 5) is 3.89. The fraction of sp³-hybridized carbons (Fsp3) is 0.714. The molecule has 0 aromatic carbocycles. The molecule has 1 aromatic heterocycles. The minimum atomic E-state index is 0.595. The monoisotopic (exact) mass is 332 g/mol. The van der Waals surface area contributed by atoms with Crippen LogP contribution in [-0.4, -0.2) is 31.1 Å². The van der Waals surface area contributed by atoms with Gasteiger partial charge in [-0.15, -0.1) is 11.3 Å². The Balaban J connectivity index is 2.50. The van der Waals surface area contributed by atoms with E-state index in [9.17, 15) is 0 Å². The van der Waals surface area contributed by atoms with Gasteiger partial charge in [-0.05, 0) is 47.9 Å². The van der Waals surface area contributed by atoms with Gasteiger partial charge in [-0.3, -0.25) is 4.90 Å². The summed E-state index contributed by atoms with van der Waals surface area (Å²) in [6, 6.07) is 2.82. The lowest BCUT2D eigenvalue weighted by atomic mass is 10.0. The van der Waals surface area contributed by atoms with Crippen LogP contribution < -0.4 is 5.32 Å². The van der Waals surface area contributed by atoms with Crippen molar-refractivity contribution in [3.05, 3.63) is 20.8 Å². The Bertz CT molecular complexity index is 338. The highest BCUT2D eigenvalue weighted by molar-refractivity contribution is 9.10. The number of thiophene rings is 1. The van der Waals surface area contributed by atoms with Gasteiger partial charge in [0.15, 0.2) is 0 Å². The van der Waals surface area contributed by atoms with Crippen LogP contribution in [-0.2, 0) is 6.54 Å². The first kappa shape index (κ1) is 16.2. The molecule has 1 aromatic rings. The fourth-order valence-corrected chi connectivity index (χ4v) is 3.64. The summed E-state index contributed by atoms with van der Waals surface area (Å²) in [5, 5.41) is 5.70. The van der Waals surface area contributed by atoms with Gasteiger partial charge in [-0.2, -0.15) is 0 Å². The van der Waals surface area contributed by atoms with Crippen molar-refractivity contribution in [1.82, 2.24) is 10.2 Å². The first-order valence-electron chi connectivity index (χ1n) is 6.68. The Labute approximate surface area is 124 Å². The lowest BCUT2D eigenvalue weighted by Crippen LogP contribution is -2.43. The van der Waals surface area contributed by atoms with E-state index in [1.807, 2.05) is 11.3 Å². The van der Waals surface area contributed by atoms with Gasteiger partial charge >= 0.3 is 0 Å². The zero-order valence-corrected chi connectivity index (χ0v) is 14.3. The standard InChI is InChI=1S/C14H25BrN2S/c1-5-6-16-8-14(11(2)3)17(4)9-13-7-12(15)10-18-13/h7,10-11,14,16H,5-6,8-9H2,1-4H3. The molecule has 1 unspecified atom stereocenters. The van der Waals surface area contributed by atoms with Crippen molar-refractivity contribution in [2.24, 2.45) is 5.92 Å². The van der Waals surface area contributed by atoms with E-state index in [1.165, 1.54) is 15.8 Å². The van der Waals surface area contributed by atoms with Gasteiger partial charge in [-0.1, -0.05) is 20.8 Å². The minimum Gasteiger partial charge on any atom is -0.315 e. The van der Waals surface area contributed by atoms with E-state index in [4.69, 9.17) is 0 Å². The molecule has 0 fully saturated rings. The molecule has 0 spiro atoms. The van der Waals surface area contributed by atoms with Crippen molar-refractivity contribution in [2.45, 2.75) is 39.8 Å². The number of nitrogens with one attached hydrogen (secondary N) is 1. The topological polar surface area (TPSA) is 15.3 Å². The second-order valence-electron chi connectivity index (χ2n) is 5.16. The Hall–Kier alpha value is 0.1000. The Kier molecular flexibility index (Phi) is 7.46. The summed E-state index contributed by atoms with van der Waals surface area (Å²) in [6.07, 6.45) is 1.20. The molecular formula is C14H25BrN2S. The summed E-state index contributed by atoms with van der Waals surface area (Å²) in [5.74, 6) is 0.669. The van der Waals surface area contributed by atoms with Crippen LogP contribution in [0.1, 0.15) is 32.1 Å². The molecular weight excluding hydrogens is 308 g/mol. The van der Waals surface area contributed by atoms with Crippen molar-refractivity contribution in [3.63, 3.8) is 0 Å². The normalized spacial score (nSPS) is 13.5. The van der Waals surface area contributed by atoms with E-state index in [1.54, 1.807) is 0 Å². The van der Waals surface area contributed by atoms with Gasteiger partial charge in [0.05, 0.1) is 0 Å². The molecule has 0 amide bonds. The summed E-state index contributed by atoms with van der Waals surface area (Å²) >= 11 is 5.35. The van der Waals surface area contributed by atoms with E-state index in [0.29, 0.717) is 12.0 Å². The molecule has 0 aliphatic heterocycles. The van der Waals surface area contributed by atoms with Crippen LogP contribution in [0.5, 0.6) is 0 Å². The van der Waals surface area contributed by atoms with Crippen molar-refractivity contribution < 1.29 is 0 Å². The number of rotatable bonds is 8. The fourth-order valence-electron chi connectivity index (χ4n) is 2.13. The highest BCUT2D eigenvalue weighted by Crippen LogP contribution is 2.22. The van der Waals surface area contributed by atoms with Crippen molar-refractivity contribution >= 4 is 27.3 Å². The second-order valence-corrected chi connectivity index (χ2v) is 7.07. The molecule has 4 heteroatoms. The molecule has 0 aliphatic carbocycles. The van der Waals surface area contributed by atoms with E-state index in [0.717, 1.165) is 19.6 Å². The summed E-state index contributed by atoms with van der Waals surface area (Å²) < 4.78 is 1.20. The zero-order valence-electron chi connectivity index (χ0n) is 11.9. The first-order chi connectivity index (χ1) is 8.54. The molecule has 2 nitrogen and oxygen atoms in total.